The van der Waals surface area contributed by atoms with Crippen molar-refractivity contribution in [3.8, 4) is 0 Å². The topological polar surface area (TPSA) is 52.6 Å². The Labute approximate surface area is 159 Å². The molecule has 0 saturated carbocycles. The minimum absolute atomic E-state index is 0.121. The third-order valence-electron chi connectivity index (χ3n) is 4.69. The Kier molecular flexibility index (Phi) is 4.89. The van der Waals surface area contributed by atoms with E-state index in [2.05, 4.69) is 30.7 Å². The number of amides is 1. The Morgan fingerprint density at radius 3 is 2.52 bits per heavy atom. The van der Waals surface area contributed by atoms with Gasteiger partial charge in [-0.15, -0.1) is 11.3 Å². The Bertz CT molecular complexity index is 753. The summed E-state index contributed by atoms with van der Waals surface area (Å²) in [6, 6.07) is 3.86. The van der Waals surface area contributed by atoms with Crippen molar-refractivity contribution in [1.29, 1.82) is 0 Å². The van der Waals surface area contributed by atoms with Gasteiger partial charge in [0, 0.05) is 55.3 Å². The molecule has 2 aromatic heterocycles. The van der Waals surface area contributed by atoms with Crippen molar-refractivity contribution < 1.29 is 4.79 Å². The normalized spacial score (nSPS) is 18.0. The lowest BCUT2D eigenvalue weighted by Gasteiger charge is -2.35. The van der Waals surface area contributed by atoms with Gasteiger partial charge < -0.3 is 14.7 Å². The van der Waals surface area contributed by atoms with Crippen LogP contribution in [0.2, 0.25) is 0 Å². The summed E-state index contributed by atoms with van der Waals surface area (Å²) in [5, 5.41) is 1.95. The predicted octanol–water partition coefficient (Wildman–Crippen LogP) is 2.86. The summed E-state index contributed by atoms with van der Waals surface area (Å²) in [5.41, 5.74) is 0. The first kappa shape index (κ1) is 16.8. The number of hydrogen-bond donors (Lipinski definition) is 0. The zero-order chi connectivity index (χ0) is 17.2. The van der Waals surface area contributed by atoms with Gasteiger partial charge in [-0.3, -0.25) is 4.79 Å². The highest BCUT2D eigenvalue weighted by Crippen LogP contribution is 2.23. The lowest BCUT2D eigenvalue weighted by molar-refractivity contribution is 0.0751. The average molecular weight is 422 g/mol. The molecular weight excluding hydrogens is 402 g/mol. The van der Waals surface area contributed by atoms with E-state index in [0.29, 0.717) is 0 Å². The van der Waals surface area contributed by atoms with Gasteiger partial charge in [-0.25, -0.2) is 4.98 Å². The number of carbonyl (C=O) groups is 1. The van der Waals surface area contributed by atoms with Crippen molar-refractivity contribution in [3.63, 3.8) is 0 Å². The number of hydrogen-bond acceptors (Lipinski definition) is 6. The fraction of sp³-hybridized carbons (Fsp3) is 0.471. The van der Waals surface area contributed by atoms with Gasteiger partial charge in [0.25, 0.3) is 5.91 Å². The molecule has 0 unspecified atom stereocenters. The number of nitrogens with zero attached hydrogens (tertiary/aromatic N) is 5. The molecule has 8 heteroatoms. The van der Waals surface area contributed by atoms with Crippen molar-refractivity contribution >= 4 is 44.9 Å². The van der Waals surface area contributed by atoms with E-state index in [1.807, 2.05) is 28.6 Å². The van der Waals surface area contributed by atoms with Gasteiger partial charge in [0.2, 0.25) is 5.95 Å². The number of piperazine rings is 1. The van der Waals surface area contributed by atoms with Crippen molar-refractivity contribution in [2.45, 2.75) is 12.8 Å². The summed E-state index contributed by atoms with van der Waals surface area (Å²) in [6.07, 6.45) is 4.27. The van der Waals surface area contributed by atoms with Crippen LogP contribution in [0, 0.1) is 0 Å². The molecule has 0 radical (unpaired) electrons. The molecule has 0 bridgehead atoms. The van der Waals surface area contributed by atoms with E-state index in [9.17, 15) is 4.79 Å². The van der Waals surface area contributed by atoms with Gasteiger partial charge in [0.1, 0.15) is 5.82 Å². The quantitative estimate of drug-likeness (QED) is 0.762. The maximum Gasteiger partial charge on any atom is 0.264 e. The highest BCUT2D eigenvalue weighted by Gasteiger charge is 2.24. The second-order valence-electron chi connectivity index (χ2n) is 6.32. The second-order valence-corrected chi connectivity index (χ2v) is 8.14. The highest BCUT2D eigenvalue weighted by atomic mass is 79.9. The molecular formula is C17H20BrN5OS. The maximum atomic E-state index is 12.5. The van der Waals surface area contributed by atoms with Crippen LogP contribution in [-0.2, 0) is 0 Å². The largest absolute Gasteiger partial charge is 0.353 e. The van der Waals surface area contributed by atoms with Gasteiger partial charge in [-0.1, -0.05) is 0 Å². The van der Waals surface area contributed by atoms with E-state index in [1.54, 1.807) is 0 Å². The van der Waals surface area contributed by atoms with Gasteiger partial charge in [-0.05, 0) is 40.9 Å². The Balaban J connectivity index is 1.40. The van der Waals surface area contributed by atoms with Gasteiger partial charge in [0.15, 0.2) is 0 Å². The van der Waals surface area contributed by atoms with Crippen molar-refractivity contribution in [2.24, 2.45) is 0 Å². The van der Waals surface area contributed by atoms with E-state index in [0.717, 1.165) is 60.4 Å². The third-order valence-corrected chi connectivity index (χ3v) is 6.37. The van der Waals surface area contributed by atoms with Crippen LogP contribution < -0.4 is 9.80 Å². The zero-order valence-corrected chi connectivity index (χ0v) is 16.3. The molecule has 4 heterocycles. The van der Waals surface area contributed by atoms with E-state index in [1.165, 1.54) is 24.2 Å². The summed E-state index contributed by atoms with van der Waals surface area (Å²) < 4.78 is 0.968. The molecule has 4 rings (SSSR count). The van der Waals surface area contributed by atoms with Crippen molar-refractivity contribution in [3.05, 3.63) is 33.1 Å². The van der Waals surface area contributed by atoms with Crippen molar-refractivity contribution in [2.75, 3.05) is 49.1 Å². The average Bonchev–Trinajstić information content (AvgIpc) is 3.33. The lowest BCUT2D eigenvalue weighted by Crippen LogP contribution is -2.49. The minimum Gasteiger partial charge on any atom is -0.353 e. The van der Waals surface area contributed by atoms with E-state index < -0.39 is 0 Å². The Hall–Kier alpha value is -1.67. The van der Waals surface area contributed by atoms with Crippen LogP contribution in [0.4, 0.5) is 11.8 Å². The first-order chi connectivity index (χ1) is 12.2. The third kappa shape index (κ3) is 3.64. The molecule has 2 aliphatic rings. The van der Waals surface area contributed by atoms with Crippen LogP contribution in [0.3, 0.4) is 0 Å². The molecule has 1 amide bonds. The first-order valence-electron chi connectivity index (χ1n) is 8.57. The molecule has 2 fully saturated rings. The van der Waals surface area contributed by atoms with Crippen LogP contribution >= 0.6 is 27.3 Å². The molecule has 6 nitrogen and oxygen atoms in total. The number of aromatic nitrogens is 2. The number of rotatable bonds is 3. The number of halogens is 1. The Morgan fingerprint density at radius 2 is 1.84 bits per heavy atom. The standard InChI is InChI=1S/C17H20BrN5OS/c18-13-11-14(25-12-13)16(24)22-9-7-21(8-10-22)15-3-4-19-17(20-15)23-5-1-2-6-23/h3-4,11-12H,1-2,5-10H2. The molecule has 2 aromatic rings. The fourth-order valence-corrected chi connectivity index (χ4v) is 4.70. The molecule has 0 N–H and O–H groups in total. The molecule has 25 heavy (non-hydrogen) atoms. The van der Waals surface area contributed by atoms with Crippen LogP contribution in [0.5, 0.6) is 0 Å². The van der Waals surface area contributed by atoms with Gasteiger partial charge in [0.05, 0.1) is 4.88 Å². The Morgan fingerprint density at radius 1 is 1.08 bits per heavy atom. The number of carbonyl (C=O) groups excluding carboxylic acids is 1. The summed E-state index contributed by atoms with van der Waals surface area (Å²) in [4.78, 5) is 28.9. The minimum atomic E-state index is 0.121. The summed E-state index contributed by atoms with van der Waals surface area (Å²) in [7, 11) is 0. The second kappa shape index (κ2) is 7.29. The smallest absolute Gasteiger partial charge is 0.264 e. The summed E-state index contributed by atoms with van der Waals surface area (Å²) in [6.45, 7) is 5.13. The number of thiophene rings is 1. The summed E-state index contributed by atoms with van der Waals surface area (Å²) >= 11 is 4.90. The molecule has 2 aliphatic heterocycles. The van der Waals surface area contributed by atoms with Gasteiger partial charge in [-0.2, -0.15) is 4.98 Å². The monoisotopic (exact) mass is 421 g/mol. The van der Waals surface area contributed by atoms with Crippen LogP contribution in [-0.4, -0.2) is 60.0 Å². The molecule has 0 aliphatic carbocycles. The predicted molar refractivity (Wildman–Crippen MR) is 104 cm³/mol. The van der Waals surface area contributed by atoms with Crippen molar-refractivity contribution in [1.82, 2.24) is 14.9 Å². The van der Waals surface area contributed by atoms with Crippen LogP contribution in [0.1, 0.15) is 22.5 Å². The van der Waals surface area contributed by atoms with E-state index >= 15 is 0 Å². The summed E-state index contributed by atoms with van der Waals surface area (Å²) in [5.74, 6) is 1.91. The highest BCUT2D eigenvalue weighted by molar-refractivity contribution is 9.10. The molecule has 0 atom stereocenters. The van der Waals surface area contributed by atoms with Crippen LogP contribution in [0.15, 0.2) is 28.2 Å². The SMILES string of the molecule is O=C(c1cc(Br)cs1)N1CCN(c2ccnc(N3CCCC3)n2)CC1. The maximum absolute atomic E-state index is 12.5. The fourth-order valence-electron chi connectivity index (χ4n) is 3.30. The molecule has 2 saturated heterocycles. The molecule has 0 spiro atoms. The number of anilines is 2. The van der Waals surface area contributed by atoms with Gasteiger partial charge >= 0.3 is 0 Å². The molecule has 0 aromatic carbocycles. The van der Waals surface area contributed by atoms with Crippen LogP contribution in [0.25, 0.3) is 0 Å². The van der Waals surface area contributed by atoms with E-state index in [4.69, 9.17) is 4.98 Å². The first-order valence-corrected chi connectivity index (χ1v) is 10.2. The molecule has 132 valence electrons. The lowest BCUT2D eigenvalue weighted by atomic mass is 10.3. The zero-order valence-electron chi connectivity index (χ0n) is 13.9. The van der Waals surface area contributed by atoms with E-state index in [-0.39, 0.29) is 5.91 Å².